The number of ether oxygens (including phenoxy) is 1. The van der Waals surface area contributed by atoms with Crippen molar-refractivity contribution in [2.75, 3.05) is 6.61 Å². The first-order valence-electron chi connectivity index (χ1n) is 9.30. The van der Waals surface area contributed by atoms with Crippen molar-refractivity contribution in [2.24, 2.45) is 0 Å². The molecule has 0 aliphatic carbocycles. The molecule has 3 aromatic rings. The second-order valence-electron chi connectivity index (χ2n) is 6.95. The third-order valence-electron chi connectivity index (χ3n) is 4.94. The quantitative estimate of drug-likeness (QED) is 0.630. The van der Waals surface area contributed by atoms with Gasteiger partial charge >= 0.3 is 0 Å². The highest BCUT2D eigenvalue weighted by Gasteiger charge is 2.36. The first-order chi connectivity index (χ1) is 13.5. The number of carbonyl (C=O) groups is 1. The van der Waals surface area contributed by atoms with Crippen LogP contribution >= 0.6 is 11.6 Å². The number of carbonyl (C=O) groups excluding carboxylic acids is 1. The fourth-order valence-corrected chi connectivity index (χ4v) is 3.56. The fourth-order valence-electron chi connectivity index (χ4n) is 3.40. The summed E-state index contributed by atoms with van der Waals surface area (Å²) in [5.41, 5.74) is 1.97. The summed E-state index contributed by atoms with van der Waals surface area (Å²) in [6.45, 7) is 4.54. The minimum atomic E-state index is -0.585. The molecule has 6 heteroatoms. The number of halogens is 1. The second-order valence-corrected chi connectivity index (χ2v) is 7.36. The van der Waals surface area contributed by atoms with Gasteiger partial charge in [0.25, 0.3) is 5.91 Å². The average molecular weight is 398 g/mol. The molecular formula is C22H20ClNO4. The zero-order valence-corrected chi connectivity index (χ0v) is 16.4. The monoisotopic (exact) mass is 397 g/mol. The molecule has 1 aliphatic rings. The van der Waals surface area contributed by atoms with E-state index in [1.54, 1.807) is 12.1 Å². The molecule has 0 fully saturated rings. The van der Waals surface area contributed by atoms with Gasteiger partial charge < -0.3 is 14.5 Å². The minimum absolute atomic E-state index is 0.0570. The zero-order chi connectivity index (χ0) is 19.8. The van der Waals surface area contributed by atoms with Crippen LogP contribution in [0.4, 0.5) is 0 Å². The van der Waals surface area contributed by atoms with Gasteiger partial charge in [-0.25, -0.2) is 0 Å². The molecule has 1 unspecified atom stereocenters. The van der Waals surface area contributed by atoms with Gasteiger partial charge in [-0.1, -0.05) is 37.1 Å². The Morgan fingerprint density at radius 1 is 1.21 bits per heavy atom. The van der Waals surface area contributed by atoms with Crippen LogP contribution in [0.1, 0.15) is 53.1 Å². The van der Waals surface area contributed by atoms with Crippen LogP contribution in [0.25, 0.3) is 11.0 Å². The molecule has 1 N–H and O–H groups in total. The number of benzene rings is 2. The second kappa shape index (κ2) is 7.32. The largest absolute Gasteiger partial charge is 0.494 e. The van der Waals surface area contributed by atoms with E-state index in [4.69, 9.17) is 20.8 Å². The Bertz CT molecular complexity index is 1140. The minimum Gasteiger partial charge on any atom is -0.494 e. The summed E-state index contributed by atoms with van der Waals surface area (Å²) >= 11 is 6.19. The van der Waals surface area contributed by atoms with Crippen LogP contribution in [-0.4, -0.2) is 12.5 Å². The van der Waals surface area contributed by atoms with E-state index in [0.29, 0.717) is 33.9 Å². The summed E-state index contributed by atoms with van der Waals surface area (Å²) in [5, 5.41) is 3.71. The van der Waals surface area contributed by atoms with Gasteiger partial charge in [-0.2, -0.15) is 0 Å². The van der Waals surface area contributed by atoms with Crippen molar-refractivity contribution in [2.45, 2.75) is 32.7 Å². The Balaban J connectivity index is 1.80. The zero-order valence-electron chi connectivity index (χ0n) is 15.7. The molecule has 0 spiro atoms. The average Bonchev–Trinajstić information content (AvgIpc) is 3.01. The lowest BCUT2D eigenvalue weighted by molar-refractivity contribution is 0.0938. The van der Waals surface area contributed by atoms with E-state index in [2.05, 4.69) is 12.2 Å². The molecule has 1 aliphatic heterocycles. The first-order valence-corrected chi connectivity index (χ1v) is 9.68. The summed E-state index contributed by atoms with van der Waals surface area (Å²) in [7, 11) is 0. The normalized spacial score (nSPS) is 15.5. The molecule has 28 heavy (non-hydrogen) atoms. The highest BCUT2D eigenvalue weighted by Crippen LogP contribution is 2.33. The van der Waals surface area contributed by atoms with Crippen LogP contribution in [0, 0.1) is 6.92 Å². The van der Waals surface area contributed by atoms with Crippen LogP contribution < -0.4 is 15.5 Å². The fraction of sp³-hybridized carbons (Fsp3) is 0.273. The summed E-state index contributed by atoms with van der Waals surface area (Å²) in [6, 6.07) is 10.1. The van der Waals surface area contributed by atoms with Gasteiger partial charge in [0, 0.05) is 5.02 Å². The van der Waals surface area contributed by atoms with Gasteiger partial charge in [-0.05, 0) is 48.7 Å². The number of rotatable bonds is 5. The molecule has 4 rings (SSSR count). The standard InChI is InChI=1S/C22H20ClNO4/c1-3-4-8-27-14-7-5-6-13(10-14)19-18-20(25)15-11-16(23)12(2)9-17(15)28-21(18)22(26)24-19/h5-7,9-11,19H,3-4,8H2,1-2H3,(H,24,26). The van der Waals surface area contributed by atoms with Crippen molar-refractivity contribution in [1.29, 1.82) is 0 Å². The molecule has 1 amide bonds. The molecule has 2 heterocycles. The van der Waals surface area contributed by atoms with Crippen LogP contribution in [0.2, 0.25) is 5.02 Å². The summed E-state index contributed by atoms with van der Waals surface area (Å²) < 4.78 is 11.6. The maximum Gasteiger partial charge on any atom is 0.288 e. The van der Waals surface area contributed by atoms with Gasteiger partial charge in [0.1, 0.15) is 11.3 Å². The van der Waals surface area contributed by atoms with Crippen LogP contribution in [0.3, 0.4) is 0 Å². The molecule has 1 atom stereocenters. The number of fused-ring (bicyclic) bond motifs is 2. The molecule has 144 valence electrons. The Hall–Kier alpha value is -2.79. The Kier molecular flexibility index (Phi) is 4.85. The van der Waals surface area contributed by atoms with E-state index < -0.39 is 11.9 Å². The predicted octanol–water partition coefficient (Wildman–Crippen LogP) is 4.77. The number of nitrogens with one attached hydrogen (secondary N) is 1. The Labute approximate surface area is 167 Å². The lowest BCUT2D eigenvalue weighted by Gasteiger charge is -2.13. The van der Waals surface area contributed by atoms with E-state index in [9.17, 15) is 9.59 Å². The van der Waals surface area contributed by atoms with Gasteiger partial charge in [0.2, 0.25) is 5.76 Å². The maximum atomic E-state index is 13.2. The molecule has 0 radical (unpaired) electrons. The van der Waals surface area contributed by atoms with Crippen molar-refractivity contribution >= 4 is 28.5 Å². The van der Waals surface area contributed by atoms with Crippen molar-refractivity contribution in [1.82, 2.24) is 5.32 Å². The van der Waals surface area contributed by atoms with Crippen molar-refractivity contribution < 1.29 is 13.9 Å². The topological polar surface area (TPSA) is 68.5 Å². The lowest BCUT2D eigenvalue weighted by Crippen LogP contribution is -2.22. The highest BCUT2D eigenvalue weighted by molar-refractivity contribution is 6.32. The maximum absolute atomic E-state index is 13.2. The van der Waals surface area contributed by atoms with Crippen LogP contribution in [0.5, 0.6) is 5.75 Å². The lowest BCUT2D eigenvalue weighted by atomic mass is 9.99. The smallest absolute Gasteiger partial charge is 0.288 e. The molecule has 0 saturated carbocycles. The third kappa shape index (κ3) is 3.16. The Morgan fingerprint density at radius 3 is 2.82 bits per heavy atom. The van der Waals surface area contributed by atoms with Gasteiger partial charge in [-0.3, -0.25) is 9.59 Å². The molecule has 0 bridgehead atoms. The number of unbranched alkanes of at least 4 members (excludes halogenated alkanes) is 1. The van der Waals surface area contributed by atoms with Crippen molar-refractivity contribution in [3.8, 4) is 5.75 Å². The molecule has 1 aromatic heterocycles. The molecule has 0 saturated heterocycles. The Morgan fingerprint density at radius 2 is 2.04 bits per heavy atom. The summed E-state index contributed by atoms with van der Waals surface area (Å²) in [6.07, 6.45) is 2.00. The van der Waals surface area contributed by atoms with Crippen molar-refractivity contribution in [3.63, 3.8) is 0 Å². The van der Waals surface area contributed by atoms with Gasteiger partial charge in [0.15, 0.2) is 5.43 Å². The molecular weight excluding hydrogens is 378 g/mol. The van der Waals surface area contributed by atoms with E-state index in [1.807, 2.05) is 31.2 Å². The SMILES string of the molecule is CCCCOc1cccc(C2NC(=O)c3oc4cc(C)c(Cl)cc4c(=O)c32)c1. The summed E-state index contributed by atoms with van der Waals surface area (Å²) in [4.78, 5) is 25.7. The van der Waals surface area contributed by atoms with E-state index in [-0.39, 0.29) is 11.2 Å². The number of amides is 1. The molecule has 5 nitrogen and oxygen atoms in total. The number of hydrogen-bond acceptors (Lipinski definition) is 4. The first kappa shape index (κ1) is 18.6. The summed E-state index contributed by atoms with van der Waals surface area (Å²) in [5.74, 6) is 0.364. The van der Waals surface area contributed by atoms with Gasteiger partial charge in [0.05, 0.1) is 23.6 Å². The van der Waals surface area contributed by atoms with E-state index >= 15 is 0 Å². The molecule has 2 aromatic carbocycles. The van der Waals surface area contributed by atoms with E-state index in [0.717, 1.165) is 24.0 Å². The highest BCUT2D eigenvalue weighted by atomic mass is 35.5. The third-order valence-corrected chi connectivity index (χ3v) is 5.34. The number of hydrogen-bond donors (Lipinski definition) is 1. The van der Waals surface area contributed by atoms with Crippen molar-refractivity contribution in [3.05, 3.63) is 74.1 Å². The number of aryl methyl sites for hydroxylation is 1. The van der Waals surface area contributed by atoms with Gasteiger partial charge in [-0.15, -0.1) is 0 Å². The predicted molar refractivity (Wildman–Crippen MR) is 108 cm³/mol. The van der Waals surface area contributed by atoms with Crippen LogP contribution in [0.15, 0.2) is 45.6 Å². The van der Waals surface area contributed by atoms with E-state index in [1.165, 1.54) is 0 Å². The van der Waals surface area contributed by atoms with Crippen LogP contribution in [-0.2, 0) is 0 Å².